The Morgan fingerprint density at radius 1 is 0.909 bits per heavy atom. The van der Waals surface area contributed by atoms with Gasteiger partial charge in [0.15, 0.2) is 0 Å². The van der Waals surface area contributed by atoms with Gasteiger partial charge >= 0.3 is 5.97 Å². The van der Waals surface area contributed by atoms with Crippen LogP contribution in [0, 0.1) is 6.92 Å². The summed E-state index contributed by atoms with van der Waals surface area (Å²) in [5.74, 6) is -0.848. The quantitative estimate of drug-likeness (QED) is 0.460. The van der Waals surface area contributed by atoms with Gasteiger partial charge in [0.1, 0.15) is 0 Å². The van der Waals surface area contributed by atoms with Gasteiger partial charge < -0.3 is 10.1 Å². The Morgan fingerprint density at radius 2 is 1.55 bits per heavy atom. The SMILES string of the molecule is CCOC(=O)CC(NC(=O)c1ccc(S(=O)(=O)Nc2ccc(C)cc2)cc1)c1ccccc1. The molecule has 0 saturated carbocycles. The third-order valence-corrected chi connectivity index (χ3v) is 6.31. The number of carbonyl (C=O) groups is 2. The number of aryl methyl sites for hydroxylation is 1. The molecule has 3 rings (SSSR count). The van der Waals surface area contributed by atoms with E-state index >= 15 is 0 Å². The Hall–Kier alpha value is -3.65. The second-order valence-electron chi connectivity index (χ2n) is 7.44. The molecular formula is C25H26N2O5S. The summed E-state index contributed by atoms with van der Waals surface area (Å²) >= 11 is 0. The standard InChI is InChI=1S/C25H26N2O5S/c1-3-32-24(28)17-23(19-7-5-4-6-8-19)26-25(29)20-11-15-22(16-12-20)33(30,31)27-21-13-9-18(2)10-14-21/h4-16,23,27H,3,17H2,1-2H3,(H,26,29). The lowest BCUT2D eigenvalue weighted by Gasteiger charge is -2.18. The number of nitrogens with one attached hydrogen (secondary N) is 2. The van der Waals surface area contributed by atoms with Gasteiger partial charge in [-0.15, -0.1) is 0 Å². The van der Waals surface area contributed by atoms with Crippen molar-refractivity contribution in [1.29, 1.82) is 0 Å². The number of hydrogen-bond acceptors (Lipinski definition) is 5. The fraction of sp³-hybridized carbons (Fsp3) is 0.200. The molecule has 1 atom stereocenters. The first-order chi connectivity index (χ1) is 15.8. The van der Waals surface area contributed by atoms with Crippen LogP contribution in [0.4, 0.5) is 5.69 Å². The van der Waals surface area contributed by atoms with Gasteiger partial charge in [0, 0.05) is 11.3 Å². The summed E-state index contributed by atoms with van der Waals surface area (Å²) in [6.45, 7) is 3.88. The lowest BCUT2D eigenvalue weighted by molar-refractivity contribution is -0.143. The van der Waals surface area contributed by atoms with E-state index in [0.717, 1.165) is 11.1 Å². The van der Waals surface area contributed by atoms with E-state index in [0.29, 0.717) is 5.69 Å². The smallest absolute Gasteiger partial charge is 0.308 e. The zero-order valence-corrected chi connectivity index (χ0v) is 19.3. The van der Waals surface area contributed by atoms with E-state index < -0.39 is 27.9 Å². The van der Waals surface area contributed by atoms with Gasteiger partial charge in [0.05, 0.1) is 24.0 Å². The fourth-order valence-electron chi connectivity index (χ4n) is 3.19. The first-order valence-corrected chi connectivity index (χ1v) is 12.0. The molecule has 33 heavy (non-hydrogen) atoms. The molecule has 0 spiro atoms. The van der Waals surface area contributed by atoms with Crippen molar-refractivity contribution in [3.05, 3.63) is 95.6 Å². The normalized spacial score (nSPS) is 11.9. The zero-order valence-electron chi connectivity index (χ0n) is 18.4. The summed E-state index contributed by atoms with van der Waals surface area (Å²) < 4.78 is 32.8. The Morgan fingerprint density at radius 3 is 2.15 bits per heavy atom. The average Bonchev–Trinajstić information content (AvgIpc) is 2.81. The first kappa shape index (κ1) is 24.0. The summed E-state index contributed by atoms with van der Waals surface area (Å²) in [5.41, 5.74) is 2.51. The molecule has 0 aliphatic rings. The van der Waals surface area contributed by atoms with Crippen LogP contribution in [0.15, 0.2) is 83.8 Å². The number of hydrogen-bond donors (Lipinski definition) is 2. The monoisotopic (exact) mass is 466 g/mol. The molecule has 3 aromatic rings. The number of benzene rings is 3. The number of ether oxygens (including phenoxy) is 1. The third-order valence-electron chi connectivity index (χ3n) is 4.91. The van der Waals surface area contributed by atoms with Crippen molar-refractivity contribution in [2.24, 2.45) is 0 Å². The maximum atomic E-state index is 12.8. The van der Waals surface area contributed by atoms with Crippen LogP contribution in [0.1, 0.15) is 40.9 Å². The molecular weight excluding hydrogens is 440 g/mol. The largest absolute Gasteiger partial charge is 0.466 e. The highest BCUT2D eigenvalue weighted by Gasteiger charge is 2.21. The van der Waals surface area contributed by atoms with Crippen molar-refractivity contribution < 1.29 is 22.7 Å². The van der Waals surface area contributed by atoms with Gasteiger partial charge in [-0.2, -0.15) is 0 Å². The molecule has 0 saturated heterocycles. The number of amides is 1. The summed E-state index contributed by atoms with van der Waals surface area (Å²) in [5, 5.41) is 2.84. The van der Waals surface area contributed by atoms with Crippen molar-refractivity contribution in [1.82, 2.24) is 5.32 Å². The molecule has 0 heterocycles. The van der Waals surface area contributed by atoms with Crippen molar-refractivity contribution in [2.45, 2.75) is 31.2 Å². The van der Waals surface area contributed by atoms with Crippen molar-refractivity contribution >= 4 is 27.6 Å². The van der Waals surface area contributed by atoms with Crippen molar-refractivity contribution in [2.75, 3.05) is 11.3 Å². The zero-order chi connectivity index (χ0) is 23.8. The Labute approximate surface area is 193 Å². The van der Waals surface area contributed by atoms with E-state index in [-0.39, 0.29) is 23.5 Å². The number of rotatable bonds is 9. The minimum absolute atomic E-state index is 0.0173. The second-order valence-corrected chi connectivity index (χ2v) is 9.12. The van der Waals surface area contributed by atoms with E-state index in [1.54, 1.807) is 19.1 Å². The van der Waals surface area contributed by atoms with Gasteiger partial charge in [-0.25, -0.2) is 8.42 Å². The molecule has 8 heteroatoms. The molecule has 2 N–H and O–H groups in total. The van der Waals surface area contributed by atoms with Crippen LogP contribution in [0.2, 0.25) is 0 Å². The van der Waals surface area contributed by atoms with Gasteiger partial charge in [-0.05, 0) is 55.8 Å². The maximum absolute atomic E-state index is 12.8. The summed E-state index contributed by atoms with van der Waals surface area (Å²) in [4.78, 5) is 24.9. The summed E-state index contributed by atoms with van der Waals surface area (Å²) in [7, 11) is -3.80. The molecule has 0 aliphatic carbocycles. The Bertz CT molecular complexity index is 1190. The number of carbonyl (C=O) groups excluding carboxylic acids is 2. The second kappa shape index (κ2) is 10.8. The van der Waals surface area contributed by atoms with Crippen LogP contribution in [-0.2, 0) is 19.6 Å². The molecule has 0 bridgehead atoms. The summed E-state index contributed by atoms with van der Waals surface area (Å²) in [6, 6.07) is 21.1. The molecule has 7 nitrogen and oxygen atoms in total. The molecule has 1 amide bonds. The minimum Gasteiger partial charge on any atom is -0.466 e. The van der Waals surface area contributed by atoms with E-state index in [1.807, 2.05) is 49.4 Å². The molecule has 0 fully saturated rings. The van der Waals surface area contributed by atoms with Gasteiger partial charge in [-0.1, -0.05) is 48.0 Å². The lowest BCUT2D eigenvalue weighted by atomic mass is 10.0. The molecule has 1 unspecified atom stereocenters. The average molecular weight is 467 g/mol. The molecule has 172 valence electrons. The predicted molar refractivity (Wildman–Crippen MR) is 126 cm³/mol. The number of sulfonamides is 1. The predicted octanol–water partition coefficient (Wildman–Crippen LogP) is 4.22. The van der Waals surface area contributed by atoms with Gasteiger partial charge in [0.25, 0.3) is 15.9 Å². The Kier molecular flexibility index (Phi) is 7.84. The molecule has 3 aromatic carbocycles. The molecule has 0 aliphatic heterocycles. The topological polar surface area (TPSA) is 102 Å². The van der Waals surface area contributed by atoms with E-state index in [2.05, 4.69) is 10.0 Å². The van der Waals surface area contributed by atoms with E-state index in [1.165, 1.54) is 24.3 Å². The Balaban J connectivity index is 1.73. The van der Waals surface area contributed by atoms with Crippen molar-refractivity contribution in [3.8, 4) is 0 Å². The van der Waals surface area contributed by atoms with Crippen LogP contribution >= 0.6 is 0 Å². The number of esters is 1. The van der Waals surface area contributed by atoms with Crippen LogP contribution in [0.5, 0.6) is 0 Å². The first-order valence-electron chi connectivity index (χ1n) is 10.5. The minimum atomic E-state index is -3.80. The fourth-order valence-corrected chi connectivity index (χ4v) is 4.25. The van der Waals surface area contributed by atoms with Gasteiger partial charge in [0.2, 0.25) is 0 Å². The highest BCUT2D eigenvalue weighted by Crippen LogP contribution is 2.20. The molecule has 0 aromatic heterocycles. The van der Waals surface area contributed by atoms with Crippen LogP contribution in [-0.4, -0.2) is 26.9 Å². The lowest BCUT2D eigenvalue weighted by Crippen LogP contribution is -2.30. The highest BCUT2D eigenvalue weighted by molar-refractivity contribution is 7.92. The van der Waals surface area contributed by atoms with E-state index in [9.17, 15) is 18.0 Å². The maximum Gasteiger partial charge on any atom is 0.308 e. The summed E-state index contributed by atoms with van der Waals surface area (Å²) in [6.07, 6.45) is -0.0173. The third kappa shape index (κ3) is 6.66. The van der Waals surface area contributed by atoms with Crippen LogP contribution in [0.3, 0.4) is 0 Å². The van der Waals surface area contributed by atoms with Gasteiger partial charge in [-0.3, -0.25) is 14.3 Å². The van der Waals surface area contributed by atoms with Crippen LogP contribution < -0.4 is 10.0 Å². The van der Waals surface area contributed by atoms with Crippen molar-refractivity contribution in [3.63, 3.8) is 0 Å². The molecule has 0 radical (unpaired) electrons. The number of anilines is 1. The highest BCUT2D eigenvalue weighted by atomic mass is 32.2. The van der Waals surface area contributed by atoms with E-state index in [4.69, 9.17) is 4.74 Å². The van der Waals surface area contributed by atoms with Crippen LogP contribution in [0.25, 0.3) is 0 Å².